The molecule has 3 heteroatoms. The molecule has 0 aliphatic carbocycles. The summed E-state index contributed by atoms with van der Waals surface area (Å²) in [7, 11) is 2.11. The zero-order chi connectivity index (χ0) is 11.5. The van der Waals surface area contributed by atoms with Gasteiger partial charge in [0.15, 0.2) is 0 Å². The maximum absolute atomic E-state index is 9.43. The molecule has 0 spiro atoms. The Kier molecular flexibility index (Phi) is 3.46. The minimum absolute atomic E-state index is 0.220. The number of rotatable bonds is 2. The third kappa shape index (κ3) is 2.36. The monoisotopic (exact) mass is 220 g/mol. The van der Waals surface area contributed by atoms with Gasteiger partial charge < -0.3 is 14.9 Å². The van der Waals surface area contributed by atoms with E-state index in [9.17, 15) is 5.11 Å². The first-order chi connectivity index (χ1) is 7.70. The SMILES string of the molecule is Cc1ccc(N2CCN(C)CC2CO)cc1. The van der Waals surface area contributed by atoms with Crippen LogP contribution in [0.5, 0.6) is 0 Å². The lowest BCUT2D eigenvalue weighted by atomic mass is 10.1. The number of benzene rings is 1. The molecule has 2 rings (SSSR count). The predicted octanol–water partition coefficient (Wildman–Crippen LogP) is 1.11. The van der Waals surface area contributed by atoms with E-state index in [1.165, 1.54) is 11.3 Å². The van der Waals surface area contributed by atoms with E-state index >= 15 is 0 Å². The van der Waals surface area contributed by atoms with Gasteiger partial charge in [-0.25, -0.2) is 0 Å². The maximum Gasteiger partial charge on any atom is 0.0648 e. The molecule has 0 aromatic heterocycles. The summed E-state index contributed by atoms with van der Waals surface area (Å²) >= 11 is 0. The van der Waals surface area contributed by atoms with Gasteiger partial charge in [0.05, 0.1) is 12.6 Å². The fourth-order valence-corrected chi connectivity index (χ4v) is 2.24. The van der Waals surface area contributed by atoms with E-state index < -0.39 is 0 Å². The number of aliphatic hydroxyl groups is 1. The maximum atomic E-state index is 9.43. The molecule has 16 heavy (non-hydrogen) atoms. The third-order valence-corrected chi connectivity index (χ3v) is 3.26. The van der Waals surface area contributed by atoms with E-state index in [-0.39, 0.29) is 12.6 Å². The predicted molar refractivity (Wildman–Crippen MR) is 66.9 cm³/mol. The van der Waals surface area contributed by atoms with Crippen LogP contribution in [0.3, 0.4) is 0 Å². The van der Waals surface area contributed by atoms with Crippen LogP contribution >= 0.6 is 0 Å². The minimum atomic E-state index is 0.220. The molecule has 0 bridgehead atoms. The summed E-state index contributed by atoms with van der Waals surface area (Å²) < 4.78 is 0. The van der Waals surface area contributed by atoms with Crippen LogP contribution in [0.15, 0.2) is 24.3 Å². The molecule has 1 saturated heterocycles. The van der Waals surface area contributed by atoms with Crippen molar-refractivity contribution < 1.29 is 5.11 Å². The van der Waals surface area contributed by atoms with Gasteiger partial charge in [0, 0.05) is 25.3 Å². The molecule has 0 amide bonds. The summed E-state index contributed by atoms with van der Waals surface area (Å²) in [4.78, 5) is 4.57. The van der Waals surface area contributed by atoms with Crippen molar-refractivity contribution in [3.63, 3.8) is 0 Å². The average molecular weight is 220 g/mol. The van der Waals surface area contributed by atoms with Crippen LogP contribution in [0.2, 0.25) is 0 Å². The van der Waals surface area contributed by atoms with Gasteiger partial charge in [-0.2, -0.15) is 0 Å². The Balaban J connectivity index is 2.15. The highest BCUT2D eigenvalue weighted by atomic mass is 16.3. The molecule has 1 aromatic carbocycles. The van der Waals surface area contributed by atoms with Crippen LogP contribution in [0.4, 0.5) is 5.69 Å². The van der Waals surface area contributed by atoms with Crippen LogP contribution in [-0.2, 0) is 0 Å². The van der Waals surface area contributed by atoms with Crippen molar-refractivity contribution in [1.29, 1.82) is 0 Å². The molecule has 0 saturated carbocycles. The first kappa shape index (κ1) is 11.4. The Morgan fingerprint density at radius 1 is 1.25 bits per heavy atom. The first-order valence-corrected chi connectivity index (χ1v) is 5.83. The smallest absolute Gasteiger partial charge is 0.0648 e. The van der Waals surface area contributed by atoms with Crippen molar-refractivity contribution in [3.05, 3.63) is 29.8 Å². The zero-order valence-corrected chi connectivity index (χ0v) is 10.1. The molecule has 1 N–H and O–H groups in total. The normalized spacial score (nSPS) is 22.4. The van der Waals surface area contributed by atoms with Gasteiger partial charge in [-0.05, 0) is 26.1 Å². The fourth-order valence-electron chi connectivity index (χ4n) is 2.24. The molecule has 1 unspecified atom stereocenters. The number of hydrogen-bond acceptors (Lipinski definition) is 3. The van der Waals surface area contributed by atoms with Crippen LogP contribution < -0.4 is 4.90 Å². The van der Waals surface area contributed by atoms with Crippen LogP contribution in [0.25, 0.3) is 0 Å². The van der Waals surface area contributed by atoms with Crippen molar-refractivity contribution in [2.45, 2.75) is 13.0 Å². The molecule has 1 heterocycles. The number of nitrogens with zero attached hydrogens (tertiary/aromatic N) is 2. The number of anilines is 1. The van der Waals surface area contributed by atoms with Gasteiger partial charge in [-0.3, -0.25) is 0 Å². The van der Waals surface area contributed by atoms with Gasteiger partial charge in [0.1, 0.15) is 0 Å². The average Bonchev–Trinajstić information content (AvgIpc) is 2.30. The van der Waals surface area contributed by atoms with E-state index in [1.54, 1.807) is 0 Å². The lowest BCUT2D eigenvalue weighted by Crippen LogP contribution is -2.53. The lowest BCUT2D eigenvalue weighted by Gasteiger charge is -2.40. The van der Waals surface area contributed by atoms with Crippen molar-refractivity contribution in [1.82, 2.24) is 4.90 Å². The third-order valence-electron chi connectivity index (χ3n) is 3.26. The molecular weight excluding hydrogens is 200 g/mol. The molecule has 1 aliphatic rings. The Labute approximate surface area is 97.3 Å². The summed E-state index contributed by atoms with van der Waals surface area (Å²) in [5, 5.41) is 9.43. The van der Waals surface area contributed by atoms with Gasteiger partial charge >= 0.3 is 0 Å². The van der Waals surface area contributed by atoms with Gasteiger partial charge in [-0.1, -0.05) is 17.7 Å². The number of hydrogen-bond donors (Lipinski definition) is 1. The summed E-state index contributed by atoms with van der Waals surface area (Å²) in [5.74, 6) is 0. The summed E-state index contributed by atoms with van der Waals surface area (Å²) in [6.07, 6.45) is 0. The van der Waals surface area contributed by atoms with Crippen molar-refractivity contribution in [2.24, 2.45) is 0 Å². The zero-order valence-electron chi connectivity index (χ0n) is 10.1. The summed E-state index contributed by atoms with van der Waals surface area (Å²) in [5.41, 5.74) is 2.50. The lowest BCUT2D eigenvalue weighted by molar-refractivity contribution is 0.191. The summed E-state index contributed by atoms with van der Waals surface area (Å²) in [6.45, 7) is 5.30. The molecular formula is C13H20N2O. The van der Waals surface area contributed by atoms with Crippen LogP contribution in [0, 0.1) is 6.92 Å². The molecule has 0 radical (unpaired) electrons. The second-order valence-electron chi connectivity index (χ2n) is 4.63. The highest BCUT2D eigenvalue weighted by Crippen LogP contribution is 2.20. The number of piperazine rings is 1. The fraction of sp³-hybridized carbons (Fsp3) is 0.538. The Morgan fingerprint density at radius 2 is 1.94 bits per heavy atom. The van der Waals surface area contributed by atoms with E-state index in [0.717, 1.165) is 19.6 Å². The number of aryl methyl sites for hydroxylation is 1. The minimum Gasteiger partial charge on any atom is -0.394 e. The molecule has 3 nitrogen and oxygen atoms in total. The molecule has 1 aromatic rings. The van der Waals surface area contributed by atoms with Crippen molar-refractivity contribution >= 4 is 5.69 Å². The molecule has 1 atom stereocenters. The highest BCUT2D eigenvalue weighted by molar-refractivity contribution is 5.49. The Morgan fingerprint density at radius 3 is 2.56 bits per heavy atom. The van der Waals surface area contributed by atoms with Crippen molar-refractivity contribution in [3.8, 4) is 0 Å². The van der Waals surface area contributed by atoms with Gasteiger partial charge in [-0.15, -0.1) is 0 Å². The second-order valence-corrected chi connectivity index (χ2v) is 4.63. The van der Waals surface area contributed by atoms with Gasteiger partial charge in [0.25, 0.3) is 0 Å². The number of aliphatic hydroxyl groups excluding tert-OH is 1. The molecule has 1 fully saturated rings. The van der Waals surface area contributed by atoms with E-state index in [2.05, 4.69) is 48.0 Å². The molecule has 1 aliphatic heterocycles. The Hall–Kier alpha value is -1.06. The van der Waals surface area contributed by atoms with E-state index in [0.29, 0.717) is 0 Å². The quantitative estimate of drug-likeness (QED) is 0.809. The first-order valence-electron chi connectivity index (χ1n) is 5.83. The molecule has 88 valence electrons. The van der Waals surface area contributed by atoms with Gasteiger partial charge in [0.2, 0.25) is 0 Å². The highest BCUT2D eigenvalue weighted by Gasteiger charge is 2.24. The van der Waals surface area contributed by atoms with Crippen LogP contribution in [-0.4, -0.2) is 49.3 Å². The van der Waals surface area contributed by atoms with Crippen molar-refractivity contribution in [2.75, 3.05) is 38.2 Å². The topological polar surface area (TPSA) is 26.7 Å². The largest absolute Gasteiger partial charge is 0.394 e. The van der Waals surface area contributed by atoms with Crippen LogP contribution in [0.1, 0.15) is 5.56 Å². The second kappa shape index (κ2) is 4.85. The standard InChI is InChI=1S/C13H20N2O/c1-11-3-5-12(6-4-11)15-8-7-14(2)9-13(15)10-16/h3-6,13,16H,7-10H2,1-2H3. The summed E-state index contributed by atoms with van der Waals surface area (Å²) in [6, 6.07) is 8.76. The van der Waals surface area contributed by atoms with E-state index in [1.807, 2.05) is 0 Å². The van der Waals surface area contributed by atoms with E-state index in [4.69, 9.17) is 0 Å². The number of likely N-dealkylation sites (N-methyl/N-ethyl adjacent to an activating group) is 1. The Bertz CT molecular complexity index is 336.